The number of aryl methyl sites for hydroxylation is 1. The number of hydrogen-bond donors (Lipinski definition) is 2. The Balaban J connectivity index is 1.88. The fourth-order valence-electron chi connectivity index (χ4n) is 2.97. The highest BCUT2D eigenvalue weighted by atomic mass is 35.5. The predicted octanol–water partition coefficient (Wildman–Crippen LogP) is 3.79. The summed E-state index contributed by atoms with van der Waals surface area (Å²) in [6.45, 7) is 4.23. The van der Waals surface area contributed by atoms with Crippen molar-refractivity contribution in [2.75, 3.05) is 32.6 Å². The third-order valence-electron chi connectivity index (χ3n) is 4.49. The van der Waals surface area contributed by atoms with E-state index in [-0.39, 0.29) is 30.9 Å². The second-order valence-corrected chi connectivity index (χ2v) is 7.44. The second kappa shape index (κ2) is 10.8. The van der Waals surface area contributed by atoms with Crippen molar-refractivity contribution in [1.29, 1.82) is 0 Å². The Kier molecular flexibility index (Phi) is 8.49. The first-order chi connectivity index (χ1) is 13.8. The highest BCUT2D eigenvalue weighted by molar-refractivity contribution is 6.31. The zero-order chi connectivity index (χ0) is 21.4. The van der Waals surface area contributed by atoms with Gasteiger partial charge in [-0.3, -0.25) is 14.5 Å². The molecule has 2 aromatic rings. The van der Waals surface area contributed by atoms with Gasteiger partial charge in [-0.05, 0) is 44.2 Å². The van der Waals surface area contributed by atoms with E-state index in [2.05, 4.69) is 10.6 Å². The number of nitrogens with zero attached hydrogens (tertiary/aromatic N) is 1. The third-order valence-corrected chi connectivity index (χ3v) is 4.72. The SMILES string of the molecule is CC[C@@H](NC(=O)CN(C)CC(=O)Nc1cc(Cl)ccc1OC)c1ccc(C)cc1. The summed E-state index contributed by atoms with van der Waals surface area (Å²) >= 11 is 5.98. The van der Waals surface area contributed by atoms with E-state index < -0.39 is 0 Å². The molecular formula is C22H28ClN3O3. The van der Waals surface area contributed by atoms with Crippen molar-refractivity contribution in [2.24, 2.45) is 0 Å². The first kappa shape index (κ1) is 22.7. The van der Waals surface area contributed by atoms with Gasteiger partial charge in [0.05, 0.1) is 31.9 Å². The van der Waals surface area contributed by atoms with Gasteiger partial charge in [-0.2, -0.15) is 0 Å². The highest BCUT2D eigenvalue weighted by Crippen LogP contribution is 2.27. The van der Waals surface area contributed by atoms with Crippen molar-refractivity contribution < 1.29 is 14.3 Å². The summed E-state index contributed by atoms with van der Waals surface area (Å²) in [5, 5.41) is 6.30. The van der Waals surface area contributed by atoms with Crippen LogP contribution in [0.15, 0.2) is 42.5 Å². The molecule has 0 fully saturated rings. The molecule has 156 valence electrons. The zero-order valence-corrected chi connectivity index (χ0v) is 18.0. The van der Waals surface area contributed by atoms with Crippen LogP contribution in [-0.4, -0.2) is 44.0 Å². The van der Waals surface area contributed by atoms with Crippen LogP contribution in [-0.2, 0) is 9.59 Å². The highest BCUT2D eigenvalue weighted by Gasteiger charge is 2.16. The molecular weight excluding hydrogens is 390 g/mol. The smallest absolute Gasteiger partial charge is 0.238 e. The number of amides is 2. The van der Waals surface area contributed by atoms with Crippen LogP contribution in [0.1, 0.15) is 30.5 Å². The molecule has 0 radical (unpaired) electrons. The summed E-state index contributed by atoms with van der Waals surface area (Å²) < 4.78 is 5.23. The summed E-state index contributed by atoms with van der Waals surface area (Å²) in [5.41, 5.74) is 2.74. The van der Waals surface area contributed by atoms with Gasteiger partial charge in [-0.25, -0.2) is 0 Å². The van der Waals surface area contributed by atoms with Gasteiger partial charge in [0.1, 0.15) is 5.75 Å². The Hall–Kier alpha value is -2.57. The van der Waals surface area contributed by atoms with Crippen LogP contribution >= 0.6 is 11.6 Å². The first-order valence-electron chi connectivity index (χ1n) is 9.50. The lowest BCUT2D eigenvalue weighted by Crippen LogP contribution is -2.40. The second-order valence-electron chi connectivity index (χ2n) is 7.00. The van der Waals surface area contributed by atoms with Crippen molar-refractivity contribution >= 4 is 29.1 Å². The van der Waals surface area contributed by atoms with E-state index in [0.717, 1.165) is 12.0 Å². The topological polar surface area (TPSA) is 70.7 Å². The molecule has 1 atom stereocenters. The molecule has 0 saturated heterocycles. The third kappa shape index (κ3) is 7.07. The molecule has 6 nitrogen and oxygen atoms in total. The summed E-state index contributed by atoms with van der Waals surface area (Å²) in [6, 6.07) is 13.1. The van der Waals surface area contributed by atoms with Gasteiger partial charge in [0.25, 0.3) is 0 Å². The standard InChI is InChI=1S/C22H28ClN3O3/c1-5-18(16-8-6-15(2)7-9-16)24-21(27)13-26(3)14-22(28)25-19-12-17(23)10-11-20(19)29-4/h6-12,18H,5,13-14H2,1-4H3,(H,24,27)(H,25,28)/t18-/m1/s1. The van der Waals surface area contributed by atoms with E-state index in [4.69, 9.17) is 16.3 Å². The molecule has 7 heteroatoms. The number of ether oxygens (including phenoxy) is 1. The maximum Gasteiger partial charge on any atom is 0.238 e. The van der Waals surface area contributed by atoms with Gasteiger partial charge < -0.3 is 15.4 Å². The van der Waals surface area contributed by atoms with E-state index in [1.165, 1.54) is 12.7 Å². The predicted molar refractivity (Wildman–Crippen MR) is 116 cm³/mol. The normalized spacial score (nSPS) is 11.8. The molecule has 0 unspecified atom stereocenters. The molecule has 2 N–H and O–H groups in total. The lowest BCUT2D eigenvalue weighted by molar-refractivity contribution is -0.123. The van der Waals surface area contributed by atoms with Crippen LogP contribution < -0.4 is 15.4 Å². The molecule has 0 heterocycles. The monoisotopic (exact) mass is 417 g/mol. The van der Waals surface area contributed by atoms with Gasteiger partial charge >= 0.3 is 0 Å². The van der Waals surface area contributed by atoms with Crippen LogP contribution in [0.4, 0.5) is 5.69 Å². The minimum Gasteiger partial charge on any atom is -0.495 e. The van der Waals surface area contributed by atoms with Crippen LogP contribution in [0, 0.1) is 6.92 Å². The van der Waals surface area contributed by atoms with Gasteiger partial charge in [-0.15, -0.1) is 0 Å². The molecule has 0 aliphatic heterocycles. The van der Waals surface area contributed by atoms with E-state index >= 15 is 0 Å². The van der Waals surface area contributed by atoms with Gasteiger partial charge in [0.15, 0.2) is 0 Å². The van der Waals surface area contributed by atoms with Gasteiger partial charge in [0.2, 0.25) is 11.8 Å². The van der Waals surface area contributed by atoms with E-state index in [1.807, 2.05) is 38.1 Å². The quantitative estimate of drug-likeness (QED) is 0.651. The van der Waals surface area contributed by atoms with Crippen molar-refractivity contribution in [3.63, 3.8) is 0 Å². The molecule has 0 aromatic heterocycles. The number of halogens is 1. The van der Waals surface area contributed by atoms with Gasteiger partial charge in [-0.1, -0.05) is 48.4 Å². The van der Waals surface area contributed by atoms with Crippen LogP contribution in [0.5, 0.6) is 5.75 Å². The molecule has 0 aliphatic carbocycles. The van der Waals surface area contributed by atoms with Crippen LogP contribution in [0.2, 0.25) is 5.02 Å². The number of likely N-dealkylation sites (N-methyl/N-ethyl adjacent to an activating group) is 1. The molecule has 2 aromatic carbocycles. The number of carbonyl (C=O) groups is 2. The fourth-order valence-corrected chi connectivity index (χ4v) is 3.15. The lowest BCUT2D eigenvalue weighted by atomic mass is 10.0. The Morgan fingerprint density at radius 1 is 1.10 bits per heavy atom. The fraction of sp³-hybridized carbons (Fsp3) is 0.364. The Bertz CT molecular complexity index is 840. The molecule has 0 aliphatic rings. The van der Waals surface area contributed by atoms with E-state index in [1.54, 1.807) is 30.1 Å². The number of rotatable bonds is 9. The molecule has 29 heavy (non-hydrogen) atoms. The molecule has 2 amide bonds. The number of methoxy groups -OCH3 is 1. The molecule has 0 spiro atoms. The van der Waals surface area contributed by atoms with Crippen LogP contribution in [0.3, 0.4) is 0 Å². The molecule has 0 bridgehead atoms. The van der Waals surface area contributed by atoms with Gasteiger partial charge in [0, 0.05) is 5.02 Å². The summed E-state index contributed by atoms with van der Waals surface area (Å²) in [6.07, 6.45) is 0.785. The first-order valence-corrected chi connectivity index (χ1v) is 9.88. The summed E-state index contributed by atoms with van der Waals surface area (Å²) in [7, 11) is 3.24. The maximum atomic E-state index is 12.4. The average Bonchev–Trinajstić information content (AvgIpc) is 2.66. The number of nitrogens with one attached hydrogen (secondary N) is 2. The molecule has 2 rings (SSSR count). The van der Waals surface area contributed by atoms with Crippen molar-refractivity contribution in [1.82, 2.24) is 10.2 Å². The number of hydrogen-bond acceptors (Lipinski definition) is 4. The Labute approximate surface area is 177 Å². The molecule has 0 saturated carbocycles. The number of benzene rings is 2. The minimum atomic E-state index is -0.258. The maximum absolute atomic E-state index is 12.4. The summed E-state index contributed by atoms with van der Waals surface area (Å²) in [4.78, 5) is 26.4. The Morgan fingerprint density at radius 3 is 2.38 bits per heavy atom. The summed E-state index contributed by atoms with van der Waals surface area (Å²) in [5.74, 6) is 0.131. The minimum absolute atomic E-state index is 0.0546. The number of carbonyl (C=O) groups excluding carboxylic acids is 2. The van der Waals surface area contributed by atoms with Crippen molar-refractivity contribution in [3.8, 4) is 5.75 Å². The average molecular weight is 418 g/mol. The van der Waals surface area contributed by atoms with Crippen molar-refractivity contribution in [2.45, 2.75) is 26.3 Å². The van der Waals surface area contributed by atoms with Crippen LogP contribution in [0.25, 0.3) is 0 Å². The van der Waals surface area contributed by atoms with E-state index in [0.29, 0.717) is 16.5 Å². The largest absolute Gasteiger partial charge is 0.495 e. The van der Waals surface area contributed by atoms with E-state index in [9.17, 15) is 9.59 Å². The number of anilines is 1. The lowest BCUT2D eigenvalue weighted by Gasteiger charge is -2.21. The Morgan fingerprint density at radius 2 is 1.76 bits per heavy atom. The van der Waals surface area contributed by atoms with Crippen molar-refractivity contribution in [3.05, 3.63) is 58.6 Å². The zero-order valence-electron chi connectivity index (χ0n) is 17.3.